The Morgan fingerprint density at radius 3 is 2.94 bits per heavy atom. The van der Waals surface area contributed by atoms with E-state index in [0.29, 0.717) is 12.5 Å². The van der Waals surface area contributed by atoms with E-state index in [0.717, 1.165) is 32.6 Å². The standard InChI is InChI=1S/C12H25N3O/c1-3-7-15(10-12(16)13-2)9-11-5-4-6-14-8-11/h11,14H,3-10H2,1-2H3,(H,13,16). The molecule has 1 rings (SSSR count). The van der Waals surface area contributed by atoms with Crippen LogP contribution >= 0.6 is 0 Å². The highest BCUT2D eigenvalue weighted by molar-refractivity contribution is 5.77. The van der Waals surface area contributed by atoms with Crippen molar-refractivity contribution < 1.29 is 4.79 Å². The summed E-state index contributed by atoms with van der Waals surface area (Å²) in [5.74, 6) is 0.835. The third-order valence-electron chi connectivity index (χ3n) is 3.10. The molecule has 0 aliphatic carbocycles. The van der Waals surface area contributed by atoms with E-state index in [1.54, 1.807) is 7.05 Å². The van der Waals surface area contributed by atoms with Crippen molar-refractivity contribution in [2.45, 2.75) is 26.2 Å². The second-order valence-corrected chi connectivity index (χ2v) is 4.62. The van der Waals surface area contributed by atoms with Gasteiger partial charge in [0.25, 0.3) is 0 Å². The first-order valence-electron chi connectivity index (χ1n) is 6.40. The Morgan fingerprint density at radius 1 is 1.56 bits per heavy atom. The van der Waals surface area contributed by atoms with Crippen LogP contribution in [0.15, 0.2) is 0 Å². The molecule has 1 heterocycles. The fraction of sp³-hybridized carbons (Fsp3) is 0.917. The van der Waals surface area contributed by atoms with Crippen LogP contribution in [0.25, 0.3) is 0 Å². The highest BCUT2D eigenvalue weighted by Crippen LogP contribution is 2.11. The molecule has 1 unspecified atom stereocenters. The molecular formula is C12H25N3O. The van der Waals surface area contributed by atoms with Gasteiger partial charge in [-0.05, 0) is 44.8 Å². The van der Waals surface area contributed by atoms with Crippen LogP contribution in [0.3, 0.4) is 0 Å². The molecule has 0 aromatic heterocycles. The van der Waals surface area contributed by atoms with Crippen molar-refractivity contribution in [2.24, 2.45) is 5.92 Å². The van der Waals surface area contributed by atoms with E-state index in [1.807, 2.05) is 0 Å². The molecule has 4 nitrogen and oxygen atoms in total. The molecule has 1 atom stereocenters. The Hall–Kier alpha value is -0.610. The molecule has 4 heteroatoms. The van der Waals surface area contributed by atoms with Crippen molar-refractivity contribution in [3.8, 4) is 0 Å². The summed E-state index contributed by atoms with van der Waals surface area (Å²) >= 11 is 0. The number of piperidine rings is 1. The molecule has 16 heavy (non-hydrogen) atoms. The van der Waals surface area contributed by atoms with Crippen LogP contribution in [-0.4, -0.2) is 50.6 Å². The normalized spacial score (nSPS) is 21.1. The van der Waals surface area contributed by atoms with Crippen molar-refractivity contribution in [1.82, 2.24) is 15.5 Å². The summed E-state index contributed by atoms with van der Waals surface area (Å²) in [4.78, 5) is 13.6. The summed E-state index contributed by atoms with van der Waals surface area (Å²) in [5.41, 5.74) is 0. The summed E-state index contributed by atoms with van der Waals surface area (Å²) in [5, 5.41) is 6.12. The fourth-order valence-corrected chi connectivity index (χ4v) is 2.28. The van der Waals surface area contributed by atoms with E-state index in [9.17, 15) is 4.79 Å². The molecule has 0 radical (unpaired) electrons. The number of nitrogens with zero attached hydrogens (tertiary/aromatic N) is 1. The lowest BCUT2D eigenvalue weighted by molar-refractivity contribution is -0.121. The first-order chi connectivity index (χ1) is 7.76. The fourth-order valence-electron chi connectivity index (χ4n) is 2.28. The number of carbonyl (C=O) groups is 1. The number of hydrogen-bond donors (Lipinski definition) is 2. The van der Waals surface area contributed by atoms with Gasteiger partial charge in [0.15, 0.2) is 0 Å². The average Bonchev–Trinajstić information content (AvgIpc) is 2.30. The van der Waals surface area contributed by atoms with Gasteiger partial charge in [-0.1, -0.05) is 6.92 Å². The number of amides is 1. The minimum Gasteiger partial charge on any atom is -0.358 e. The predicted octanol–water partition coefficient (Wildman–Crippen LogP) is 0.444. The van der Waals surface area contributed by atoms with Gasteiger partial charge >= 0.3 is 0 Å². The zero-order valence-electron chi connectivity index (χ0n) is 10.6. The highest BCUT2D eigenvalue weighted by Gasteiger charge is 2.17. The van der Waals surface area contributed by atoms with E-state index in [4.69, 9.17) is 0 Å². The van der Waals surface area contributed by atoms with Crippen LogP contribution in [0.4, 0.5) is 0 Å². The smallest absolute Gasteiger partial charge is 0.233 e. The molecule has 94 valence electrons. The minimum absolute atomic E-state index is 0.122. The van der Waals surface area contributed by atoms with Crippen molar-refractivity contribution in [3.63, 3.8) is 0 Å². The molecular weight excluding hydrogens is 202 g/mol. The second kappa shape index (κ2) is 7.63. The molecule has 1 amide bonds. The SMILES string of the molecule is CCCN(CC(=O)NC)CC1CCCNC1. The summed E-state index contributed by atoms with van der Waals surface area (Å²) in [6, 6.07) is 0. The number of hydrogen-bond acceptors (Lipinski definition) is 3. The summed E-state index contributed by atoms with van der Waals surface area (Å²) < 4.78 is 0. The lowest BCUT2D eigenvalue weighted by Crippen LogP contribution is -2.42. The Balaban J connectivity index is 2.33. The molecule has 0 aromatic rings. The molecule has 0 aromatic carbocycles. The van der Waals surface area contributed by atoms with Gasteiger partial charge in [0, 0.05) is 13.6 Å². The van der Waals surface area contributed by atoms with Gasteiger partial charge in [-0.3, -0.25) is 9.69 Å². The summed E-state index contributed by atoms with van der Waals surface area (Å²) in [7, 11) is 1.70. The Bertz CT molecular complexity index is 202. The Morgan fingerprint density at radius 2 is 2.38 bits per heavy atom. The van der Waals surface area contributed by atoms with Crippen LogP contribution in [0.5, 0.6) is 0 Å². The molecule has 0 bridgehead atoms. The number of carbonyl (C=O) groups excluding carboxylic acids is 1. The molecule has 1 aliphatic heterocycles. The van der Waals surface area contributed by atoms with E-state index >= 15 is 0 Å². The van der Waals surface area contributed by atoms with E-state index in [1.165, 1.54) is 12.8 Å². The lowest BCUT2D eigenvalue weighted by Gasteiger charge is -2.29. The average molecular weight is 227 g/mol. The molecule has 2 N–H and O–H groups in total. The quantitative estimate of drug-likeness (QED) is 0.692. The van der Waals surface area contributed by atoms with Crippen molar-refractivity contribution >= 4 is 5.91 Å². The molecule has 0 saturated carbocycles. The van der Waals surface area contributed by atoms with Crippen molar-refractivity contribution in [1.29, 1.82) is 0 Å². The number of nitrogens with one attached hydrogen (secondary N) is 2. The second-order valence-electron chi connectivity index (χ2n) is 4.62. The van der Waals surface area contributed by atoms with E-state index < -0.39 is 0 Å². The van der Waals surface area contributed by atoms with Crippen LogP contribution in [0.1, 0.15) is 26.2 Å². The van der Waals surface area contributed by atoms with Crippen molar-refractivity contribution in [3.05, 3.63) is 0 Å². The van der Waals surface area contributed by atoms with Crippen LogP contribution in [0, 0.1) is 5.92 Å². The van der Waals surface area contributed by atoms with Gasteiger partial charge < -0.3 is 10.6 Å². The van der Waals surface area contributed by atoms with Crippen LogP contribution < -0.4 is 10.6 Å². The van der Waals surface area contributed by atoms with Gasteiger partial charge in [-0.25, -0.2) is 0 Å². The topological polar surface area (TPSA) is 44.4 Å². The van der Waals surface area contributed by atoms with Gasteiger partial charge in [0.05, 0.1) is 6.54 Å². The first kappa shape index (κ1) is 13.5. The van der Waals surface area contributed by atoms with Crippen LogP contribution in [-0.2, 0) is 4.79 Å². The largest absolute Gasteiger partial charge is 0.358 e. The maximum atomic E-state index is 11.4. The zero-order chi connectivity index (χ0) is 11.8. The predicted molar refractivity (Wildman–Crippen MR) is 66.4 cm³/mol. The number of rotatable bonds is 6. The lowest BCUT2D eigenvalue weighted by atomic mass is 9.99. The van der Waals surface area contributed by atoms with E-state index in [2.05, 4.69) is 22.5 Å². The highest BCUT2D eigenvalue weighted by atomic mass is 16.1. The zero-order valence-corrected chi connectivity index (χ0v) is 10.6. The molecule has 1 fully saturated rings. The Kier molecular flexibility index (Phi) is 6.42. The third-order valence-corrected chi connectivity index (χ3v) is 3.10. The summed E-state index contributed by atoms with van der Waals surface area (Å²) in [6.45, 7) is 7.03. The number of likely N-dealkylation sites (N-methyl/N-ethyl adjacent to an activating group) is 1. The molecule has 1 saturated heterocycles. The third kappa shape index (κ3) is 4.94. The van der Waals surface area contributed by atoms with E-state index in [-0.39, 0.29) is 5.91 Å². The maximum Gasteiger partial charge on any atom is 0.233 e. The first-order valence-corrected chi connectivity index (χ1v) is 6.40. The summed E-state index contributed by atoms with van der Waals surface area (Å²) in [6.07, 6.45) is 3.67. The monoisotopic (exact) mass is 227 g/mol. The van der Waals surface area contributed by atoms with Gasteiger partial charge in [0.2, 0.25) is 5.91 Å². The van der Waals surface area contributed by atoms with Gasteiger partial charge in [-0.2, -0.15) is 0 Å². The van der Waals surface area contributed by atoms with Gasteiger partial charge in [-0.15, -0.1) is 0 Å². The molecule has 1 aliphatic rings. The minimum atomic E-state index is 0.122. The van der Waals surface area contributed by atoms with Gasteiger partial charge in [0.1, 0.15) is 0 Å². The maximum absolute atomic E-state index is 11.4. The molecule has 0 spiro atoms. The Labute approximate surface area is 98.8 Å². The van der Waals surface area contributed by atoms with Crippen molar-refractivity contribution in [2.75, 3.05) is 39.8 Å². The van der Waals surface area contributed by atoms with Crippen LogP contribution in [0.2, 0.25) is 0 Å².